The first-order valence-corrected chi connectivity index (χ1v) is 6.90. The predicted octanol–water partition coefficient (Wildman–Crippen LogP) is 2.68. The largest absolute Gasteiger partial charge is 0.377 e. The summed E-state index contributed by atoms with van der Waals surface area (Å²) in [5.41, 5.74) is 2.29. The SMILES string of the molecule is Cc1c(C(=O)Nc2ncc([N+](=O)[O-])s2)cccc1N(C)C. The fraction of sp³-hybridized carbons (Fsp3) is 0.231. The number of rotatable bonds is 4. The number of anilines is 2. The lowest BCUT2D eigenvalue weighted by atomic mass is 10.1. The molecule has 1 N–H and O–H groups in total. The van der Waals surface area contributed by atoms with Gasteiger partial charge < -0.3 is 4.90 Å². The van der Waals surface area contributed by atoms with Crippen LogP contribution in [0.4, 0.5) is 15.8 Å². The lowest BCUT2D eigenvalue weighted by molar-refractivity contribution is -0.380. The molecule has 0 bridgehead atoms. The van der Waals surface area contributed by atoms with Crippen LogP contribution in [0.1, 0.15) is 15.9 Å². The van der Waals surface area contributed by atoms with E-state index in [0.29, 0.717) is 5.56 Å². The topological polar surface area (TPSA) is 88.4 Å². The maximum absolute atomic E-state index is 12.3. The van der Waals surface area contributed by atoms with Gasteiger partial charge in [-0.15, -0.1) is 0 Å². The molecular formula is C13H14N4O3S. The minimum Gasteiger partial charge on any atom is -0.377 e. The summed E-state index contributed by atoms with van der Waals surface area (Å²) in [6.07, 6.45) is 1.13. The lowest BCUT2D eigenvalue weighted by Crippen LogP contribution is -2.16. The van der Waals surface area contributed by atoms with Crippen molar-refractivity contribution in [3.8, 4) is 0 Å². The molecule has 0 aliphatic heterocycles. The Morgan fingerprint density at radius 3 is 2.71 bits per heavy atom. The Kier molecular flexibility index (Phi) is 4.18. The van der Waals surface area contributed by atoms with Crippen LogP contribution in [-0.2, 0) is 0 Å². The number of carbonyl (C=O) groups excluding carboxylic acids is 1. The van der Waals surface area contributed by atoms with Crippen LogP contribution < -0.4 is 10.2 Å². The molecule has 1 heterocycles. The van der Waals surface area contributed by atoms with E-state index in [1.54, 1.807) is 12.1 Å². The molecule has 21 heavy (non-hydrogen) atoms. The molecule has 0 saturated carbocycles. The van der Waals surface area contributed by atoms with Crippen LogP contribution in [0.2, 0.25) is 0 Å². The van der Waals surface area contributed by atoms with Crippen molar-refractivity contribution in [2.45, 2.75) is 6.92 Å². The molecule has 1 aromatic carbocycles. The van der Waals surface area contributed by atoms with E-state index in [9.17, 15) is 14.9 Å². The van der Waals surface area contributed by atoms with Crippen LogP contribution in [0.5, 0.6) is 0 Å². The molecule has 0 aliphatic carbocycles. The molecule has 8 heteroatoms. The highest BCUT2D eigenvalue weighted by atomic mass is 32.1. The highest BCUT2D eigenvalue weighted by Gasteiger charge is 2.16. The van der Waals surface area contributed by atoms with Crippen LogP contribution in [-0.4, -0.2) is 29.9 Å². The number of thiazole rings is 1. The van der Waals surface area contributed by atoms with Gasteiger partial charge in [0.05, 0.1) is 4.92 Å². The summed E-state index contributed by atoms with van der Waals surface area (Å²) in [7, 11) is 3.79. The molecular weight excluding hydrogens is 292 g/mol. The average Bonchev–Trinajstić information content (AvgIpc) is 2.87. The van der Waals surface area contributed by atoms with E-state index in [1.165, 1.54) is 0 Å². The third-order valence-electron chi connectivity index (χ3n) is 2.93. The summed E-state index contributed by atoms with van der Waals surface area (Å²) >= 11 is 0.828. The first-order chi connectivity index (χ1) is 9.90. The first kappa shape index (κ1) is 14.9. The fourth-order valence-corrected chi connectivity index (χ4v) is 2.55. The molecule has 0 radical (unpaired) electrons. The van der Waals surface area contributed by atoms with E-state index in [1.807, 2.05) is 32.0 Å². The third-order valence-corrected chi connectivity index (χ3v) is 3.79. The fourth-order valence-electron chi connectivity index (χ4n) is 1.93. The first-order valence-electron chi connectivity index (χ1n) is 6.08. The summed E-state index contributed by atoms with van der Waals surface area (Å²) in [5, 5.41) is 13.3. The van der Waals surface area contributed by atoms with Crippen molar-refractivity contribution in [1.29, 1.82) is 0 Å². The summed E-state index contributed by atoms with van der Waals surface area (Å²) in [6.45, 7) is 1.86. The van der Waals surface area contributed by atoms with Crippen molar-refractivity contribution in [2.75, 3.05) is 24.3 Å². The number of nitrogens with zero attached hydrogens (tertiary/aromatic N) is 3. The maximum Gasteiger partial charge on any atom is 0.345 e. The standard InChI is InChI=1S/C13H14N4O3S/c1-8-9(5-4-6-10(8)16(2)3)12(18)15-13-14-7-11(21-13)17(19)20/h4-7H,1-3H3,(H,14,15,18). The maximum atomic E-state index is 12.3. The summed E-state index contributed by atoms with van der Waals surface area (Å²) < 4.78 is 0. The van der Waals surface area contributed by atoms with E-state index in [4.69, 9.17) is 0 Å². The number of nitro groups is 1. The zero-order valence-electron chi connectivity index (χ0n) is 11.8. The number of carbonyl (C=O) groups is 1. The van der Waals surface area contributed by atoms with Crippen molar-refractivity contribution in [2.24, 2.45) is 0 Å². The monoisotopic (exact) mass is 306 g/mol. The van der Waals surface area contributed by atoms with Gasteiger partial charge in [0.1, 0.15) is 6.20 Å². The Morgan fingerprint density at radius 1 is 1.43 bits per heavy atom. The third kappa shape index (κ3) is 3.16. The zero-order chi connectivity index (χ0) is 15.6. The number of aromatic nitrogens is 1. The van der Waals surface area contributed by atoms with E-state index in [2.05, 4.69) is 10.3 Å². The molecule has 0 unspecified atom stereocenters. The van der Waals surface area contributed by atoms with Gasteiger partial charge in [-0.25, -0.2) is 4.98 Å². The quantitative estimate of drug-likeness (QED) is 0.693. The molecule has 1 amide bonds. The van der Waals surface area contributed by atoms with Crippen molar-refractivity contribution in [3.05, 3.63) is 45.6 Å². The zero-order valence-corrected chi connectivity index (χ0v) is 12.6. The molecule has 2 aromatic rings. The molecule has 7 nitrogen and oxygen atoms in total. The van der Waals surface area contributed by atoms with Crippen molar-refractivity contribution in [3.63, 3.8) is 0 Å². The average molecular weight is 306 g/mol. The van der Waals surface area contributed by atoms with Gasteiger partial charge in [0.25, 0.3) is 5.91 Å². The van der Waals surface area contributed by atoms with E-state index in [-0.39, 0.29) is 16.0 Å². The smallest absolute Gasteiger partial charge is 0.345 e. The summed E-state index contributed by atoms with van der Waals surface area (Å²) in [4.78, 5) is 28.1. The Morgan fingerprint density at radius 2 is 2.14 bits per heavy atom. The van der Waals surface area contributed by atoms with E-state index < -0.39 is 4.92 Å². The Hall–Kier alpha value is -2.48. The number of amides is 1. The highest BCUT2D eigenvalue weighted by molar-refractivity contribution is 7.18. The van der Waals surface area contributed by atoms with Gasteiger partial charge >= 0.3 is 5.00 Å². The summed E-state index contributed by atoms with van der Waals surface area (Å²) in [6, 6.07) is 5.42. The second kappa shape index (κ2) is 5.88. The van der Waals surface area contributed by atoms with Gasteiger partial charge in [0.15, 0.2) is 5.13 Å². The lowest BCUT2D eigenvalue weighted by Gasteiger charge is -2.17. The van der Waals surface area contributed by atoms with Crippen LogP contribution in [0.25, 0.3) is 0 Å². The molecule has 0 spiro atoms. The van der Waals surface area contributed by atoms with E-state index >= 15 is 0 Å². The van der Waals surface area contributed by atoms with Crippen LogP contribution in [0, 0.1) is 17.0 Å². The van der Waals surface area contributed by atoms with Crippen molar-refractivity contribution in [1.82, 2.24) is 4.98 Å². The Balaban J connectivity index is 2.24. The number of nitrogens with one attached hydrogen (secondary N) is 1. The molecule has 0 aliphatic rings. The molecule has 0 fully saturated rings. The van der Waals surface area contributed by atoms with Gasteiger partial charge in [-0.3, -0.25) is 20.2 Å². The van der Waals surface area contributed by atoms with Crippen LogP contribution in [0.15, 0.2) is 24.4 Å². The number of benzene rings is 1. The molecule has 110 valence electrons. The number of hydrogen-bond acceptors (Lipinski definition) is 6. The second-order valence-corrected chi connectivity index (χ2v) is 5.57. The summed E-state index contributed by atoms with van der Waals surface area (Å²) in [5.74, 6) is -0.333. The van der Waals surface area contributed by atoms with Crippen molar-refractivity contribution >= 4 is 33.1 Å². The van der Waals surface area contributed by atoms with Gasteiger partial charge in [-0.2, -0.15) is 0 Å². The molecule has 0 saturated heterocycles. The number of hydrogen-bond donors (Lipinski definition) is 1. The predicted molar refractivity (Wildman–Crippen MR) is 82.2 cm³/mol. The molecule has 2 rings (SSSR count). The minimum atomic E-state index is -0.536. The Labute approximate surface area is 125 Å². The van der Waals surface area contributed by atoms with Crippen molar-refractivity contribution < 1.29 is 9.72 Å². The highest BCUT2D eigenvalue weighted by Crippen LogP contribution is 2.26. The molecule has 0 atom stereocenters. The second-order valence-electron chi connectivity index (χ2n) is 4.56. The normalized spacial score (nSPS) is 10.2. The van der Waals surface area contributed by atoms with Crippen LogP contribution in [0.3, 0.4) is 0 Å². The van der Waals surface area contributed by atoms with Gasteiger partial charge in [-0.05, 0) is 36.0 Å². The van der Waals surface area contributed by atoms with Gasteiger partial charge in [-0.1, -0.05) is 6.07 Å². The van der Waals surface area contributed by atoms with Gasteiger partial charge in [0.2, 0.25) is 0 Å². The Bertz CT molecular complexity index is 696. The van der Waals surface area contributed by atoms with E-state index in [0.717, 1.165) is 28.8 Å². The van der Waals surface area contributed by atoms with Crippen LogP contribution >= 0.6 is 11.3 Å². The molecule has 1 aromatic heterocycles. The van der Waals surface area contributed by atoms with Gasteiger partial charge in [0, 0.05) is 25.3 Å². The minimum absolute atomic E-state index is 0.107.